The minimum absolute atomic E-state index is 0.0809. The van der Waals surface area contributed by atoms with Crippen LogP contribution in [0, 0.1) is 6.92 Å². The largest absolute Gasteiger partial charge is 0.438 e. The number of aryl methyl sites for hydroxylation is 1. The number of carbonyl (C=O) groups is 1. The number of para-hydroxylation sites is 1. The number of sulfonamides is 1. The minimum atomic E-state index is -3.74. The maximum Gasteiger partial charge on any atom is 0.298 e. The minimum Gasteiger partial charge on any atom is -0.438 e. The number of carbonyl (C=O) groups excluding carboxylic acids is 1. The summed E-state index contributed by atoms with van der Waals surface area (Å²) in [6.07, 6.45) is 0. The van der Waals surface area contributed by atoms with E-state index in [1.165, 1.54) is 23.7 Å². The Labute approximate surface area is 132 Å². The second-order valence-corrected chi connectivity index (χ2v) is 6.86. The van der Waals surface area contributed by atoms with E-state index in [0.717, 1.165) is 5.39 Å². The van der Waals surface area contributed by atoms with Crippen molar-refractivity contribution >= 4 is 32.5 Å². The van der Waals surface area contributed by atoms with E-state index < -0.39 is 15.9 Å². The van der Waals surface area contributed by atoms with Gasteiger partial charge in [0.2, 0.25) is 5.09 Å². The molecular weight excluding hydrogens is 318 g/mol. The Balaban J connectivity index is 2.14. The summed E-state index contributed by atoms with van der Waals surface area (Å²) in [6, 6.07) is 9.75. The van der Waals surface area contributed by atoms with Gasteiger partial charge in [-0.25, -0.2) is 13.1 Å². The van der Waals surface area contributed by atoms with E-state index in [2.05, 4.69) is 4.72 Å². The van der Waals surface area contributed by atoms with Crippen molar-refractivity contribution in [2.45, 2.75) is 12.0 Å². The average molecular weight is 333 g/mol. The molecule has 0 amide bonds. The van der Waals surface area contributed by atoms with E-state index in [9.17, 15) is 13.2 Å². The summed E-state index contributed by atoms with van der Waals surface area (Å²) < 4.78 is 32.2. The molecule has 23 heavy (non-hydrogen) atoms. The Morgan fingerprint density at radius 2 is 2.00 bits per heavy atom. The summed E-state index contributed by atoms with van der Waals surface area (Å²) in [5.74, 6) is -0.560. The lowest BCUT2D eigenvalue weighted by Crippen LogP contribution is -2.18. The Hall–Kier alpha value is -2.58. The van der Waals surface area contributed by atoms with Crippen molar-refractivity contribution in [2.75, 3.05) is 12.8 Å². The molecule has 0 atom stereocenters. The Morgan fingerprint density at radius 1 is 1.26 bits per heavy atom. The molecule has 8 heteroatoms. The van der Waals surface area contributed by atoms with Gasteiger partial charge in [-0.2, -0.15) is 0 Å². The van der Waals surface area contributed by atoms with Gasteiger partial charge >= 0.3 is 0 Å². The molecule has 7 nitrogen and oxygen atoms in total. The zero-order valence-corrected chi connectivity index (χ0v) is 13.3. The number of benzene rings is 1. The second kappa shape index (κ2) is 5.25. The van der Waals surface area contributed by atoms with Gasteiger partial charge in [0.1, 0.15) is 0 Å². The van der Waals surface area contributed by atoms with Crippen LogP contribution in [-0.2, 0) is 10.0 Å². The number of hydrogen-bond acceptors (Lipinski definition) is 5. The maximum absolute atomic E-state index is 12.7. The fraction of sp³-hybridized carbons (Fsp3) is 0.133. The number of nitrogen functional groups attached to an aromatic ring is 1. The van der Waals surface area contributed by atoms with Crippen molar-refractivity contribution in [1.82, 2.24) is 9.29 Å². The van der Waals surface area contributed by atoms with Gasteiger partial charge in [-0.3, -0.25) is 9.36 Å². The van der Waals surface area contributed by atoms with Crippen LogP contribution in [0.5, 0.6) is 0 Å². The Kier molecular flexibility index (Phi) is 3.50. The number of nitrogens with zero attached hydrogens (tertiary/aromatic N) is 1. The molecule has 120 valence electrons. The monoisotopic (exact) mass is 333 g/mol. The second-order valence-electron chi connectivity index (χ2n) is 5.04. The van der Waals surface area contributed by atoms with Crippen molar-refractivity contribution in [3.63, 3.8) is 0 Å². The van der Waals surface area contributed by atoms with Crippen LogP contribution in [0.4, 0.5) is 5.69 Å². The molecule has 0 saturated carbocycles. The van der Waals surface area contributed by atoms with Crippen molar-refractivity contribution < 1.29 is 17.6 Å². The van der Waals surface area contributed by atoms with Gasteiger partial charge in [0.05, 0.1) is 11.2 Å². The highest BCUT2D eigenvalue weighted by molar-refractivity contribution is 7.89. The van der Waals surface area contributed by atoms with Crippen LogP contribution in [-0.4, -0.2) is 25.9 Å². The van der Waals surface area contributed by atoms with Crippen LogP contribution in [0.1, 0.15) is 16.2 Å². The number of nitrogens with two attached hydrogens (primary N) is 1. The van der Waals surface area contributed by atoms with Gasteiger partial charge in [-0.05, 0) is 38.2 Å². The smallest absolute Gasteiger partial charge is 0.298 e. The molecule has 0 aliphatic rings. The highest BCUT2D eigenvalue weighted by Gasteiger charge is 2.23. The maximum atomic E-state index is 12.7. The van der Waals surface area contributed by atoms with Crippen LogP contribution >= 0.6 is 0 Å². The number of fused-ring (bicyclic) bond motifs is 1. The van der Waals surface area contributed by atoms with Gasteiger partial charge < -0.3 is 10.2 Å². The quantitative estimate of drug-likeness (QED) is 0.710. The van der Waals surface area contributed by atoms with Crippen molar-refractivity contribution in [1.29, 1.82) is 0 Å². The van der Waals surface area contributed by atoms with Crippen LogP contribution in [0.25, 0.3) is 10.9 Å². The lowest BCUT2D eigenvalue weighted by Gasteiger charge is -2.06. The molecule has 2 aromatic heterocycles. The van der Waals surface area contributed by atoms with Crippen LogP contribution < -0.4 is 10.5 Å². The number of anilines is 1. The summed E-state index contributed by atoms with van der Waals surface area (Å²) in [5.41, 5.74) is 7.68. The van der Waals surface area contributed by atoms with E-state index in [-0.39, 0.29) is 10.9 Å². The first kappa shape index (κ1) is 15.3. The summed E-state index contributed by atoms with van der Waals surface area (Å²) >= 11 is 0. The molecular formula is C15H15N3O4S. The van der Waals surface area contributed by atoms with E-state index >= 15 is 0 Å². The molecule has 0 aliphatic carbocycles. The molecule has 1 aromatic carbocycles. The van der Waals surface area contributed by atoms with Gasteiger partial charge in [0, 0.05) is 11.1 Å². The number of hydrogen-bond donors (Lipinski definition) is 2. The van der Waals surface area contributed by atoms with E-state index in [0.29, 0.717) is 16.9 Å². The van der Waals surface area contributed by atoms with E-state index in [4.69, 9.17) is 10.2 Å². The topological polar surface area (TPSA) is 107 Å². The van der Waals surface area contributed by atoms with Gasteiger partial charge in [-0.1, -0.05) is 12.1 Å². The number of furan rings is 1. The zero-order valence-electron chi connectivity index (χ0n) is 12.5. The highest BCUT2D eigenvalue weighted by atomic mass is 32.2. The Bertz CT molecular complexity index is 1010. The third-order valence-corrected chi connectivity index (χ3v) is 4.85. The fourth-order valence-electron chi connectivity index (χ4n) is 2.47. The van der Waals surface area contributed by atoms with Crippen LogP contribution in [0.3, 0.4) is 0 Å². The first-order chi connectivity index (χ1) is 10.8. The van der Waals surface area contributed by atoms with Crippen LogP contribution in [0.2, 0.25) is 0 Å². The lowest BCUT2D eigenvalue weighted by molar-refractivity contribution is 0.0930. The predicted octanol–water partition coefficient (Wildman–Crippen LogP) is 1.72. The number of rotatable bonds is 3. The molecule has 0 spiro atoms. The summed E-state index contributed by atoms with van der Waals surface area (Å²) in [4.78, 5) is 12.7. The normalized spacial score (nSPS) is 11.9. The first-order valence-corrected chi connectivity index (χ1v) is 8.28. The highest BCUT2D eigenvalue weighted by Crippen LogP contribution is 2.26. The molecule has 3 N–H and O–H groups in total. The molecule has 0 aliphatic heterocycles. The van der Waals surface area contributed by atoms with Gasteiger partial charge in [-0.15, -0.1) is 0 Å². The van der Waals surface area contributed by atoms with E-state index in [1.54, 1.807) is 19.1 Å². The molecule has 0 fully saturated rings. The van der Waals surface area contributed by atoms with Gasteiger partial charge in [0.25, 0.3) is 15.9 Å². The summed E-state index contributed by atoms with van der Waals surface area (Å²) in [6.45, 7) is 1.77. The Morgan fingerprint density at radius 3 is 2.70 bits per heavy atom. The van der Waals surface area contributed by atoms with E-state index in [1.807, 2.05) is 12.1 Å². The van der Waals surface area contributed by atoms with Crippen molar-refractivity contribution in [3.8, 4) is 0 Å². The molecule has 0 bridgehead atoms. The molecule has 2 heterocycles. The van der Waals surface area contributed by atoms with Crippen molar-refractivity contribution in [2.24, 2.45) is 0 Å². The molecule has 0 saturated heterocycles. The SMILES string of the molecule is CNS(=O)(=O)c1ccc(C(=O)n2c(C)cc3cccc(N)c32)o1. The predicted molar refractivity (Wildman–Crippen MR) is 85.8 cm³/mol. The third kappa shape index (κ3) is 2.41. The average Bonchev–Trinajstić information content (AvgIpc) is 3.12. The zero-order chi connectivity index (χ0) is 16.8. The standard InChI is InChI=1S/C15H15N3O4S/c1-9-8-10-4-3-5-11(16)14(10)18(9)15(19)12-6-7-13(22-12)23(20,21)17-2/h3-8,17H,16H2,1-2H3. The fourth-order valence-corrected chi connectivity index (χ4v) is 3.12. The lowest BCUT2D eigenvalue weighted by atomic mass is 10.2. The van der Waals surface area contributed by atoms with Crippen molar-refractivity contribution in [3.05, 3.63) is 47.9 Å². The molecule has 3 rings (SSSR count). The summed E-state index contributed by atoms with van der Waals surface area (Å²) in [7, 11) is -2.48. The molecule has 3 aromatic rings. The number of nitrogens with one attached hydrogen (secondary N) is 1. The molecule has 0 unspecified atom stereocenters. The molecule has 0 radical (unpaired) electrons. The first-order valence-electron chi connectivity index (χ1n) is 6.80. The van der Waals surface area contributed by atoms with Crippen LogP contribution in [0.15, 0.2) is 45.9 Å². The third-order valence-electron chi connectivity index (χ3n) is 3.57. The van der Waals surface area contributed by atoms with Gasteiger partial charge in [0.15, 0.2) is 5.76 Å². The summed E-state index contributed by atoms with van der Waals surface area (Å²) in [5, 5.41) is 0.510. The number of aromatic nitrogens is 1.